The lowest BCUT2D eigenvalue weighted by atomic mass is 10.2. The summed E-state index contributed by atoms with van der Waals surface area (Å²) in [7, 11) is 1.60. The molecule has 160 valence electrons. The molecule has 4 rings (SSSR count). The summed E-state index contributed by atoms with van der Waals surface area (Å²) in [5.41, 5.74) is 1.45. The molecule has 10 heteroatoms. The number of nitrogens with one attached hydrogen (secondary N) is 1. The molecule has 0 atom stereocenters. The topological polar surface area (TPSA) is 89.1 Å². The number of nitrogens with zero attached hydrogens (tertiary/aromatic N) is 3. The summed E-state index contributed by atoms with van der Waals surface area (Å²) in [6.45, 7) is 3.04. The van der Waals surface area contributed by atoms with Crippen molar-refractivity contribution in [1.82, 2.24) is 14.3 Å². The van der Waals surface area contributed by atoms with Crippen molar-refractivity contribution in [3.8, 4) is 0 Å². The largest absolute Gasteiger partial charge is 0.467 e. The van der Waals surface area contributed by atoms with Gasteiger partial charge in [-0.1, -0.05) is 30.0 Å². The van der Waals surface area contributed by atoms with Gasteiger partial charge in [-0.15, -0.1) is 0 Å². The molecular formula is C21H20N4O4S2. The van der Waals surface area contributed by atoms with Gasteiger partial charge in [-0.25, -0.2) is 4.98 Å². The number of furan rings is 1. The highest BCUT2D eigenvalue weighted by Crippen LogP contribution is 2.34. The fraction of sp³-hybridized carbons (Fsp3) is 0.238. The molecule has 4 heterocycles. The Morgan fingerprint density at radius 1 is 1.32 bits per heavy atom. The van der Waals surface area contributed by atoms with Gasteiger partial charge in [0.1, 0.15) is 21.5 Å². The van der Waals surface area contributed by atoms with Crippen LogP contribution in [0.1, 0.15) is 16.9 Å². The quantitative estimate of drug-likeness (QED) is 0.330. The first kappa shape index (κ1) is 21.3. The van der Waals surface area contributed by atoms with Crippen LogP contribution in [-0.4, -0.2) is 44.8 Å². The predicted octanol–water partition coefficient (Wildman–Crippen LogP) is 3.06. The van der Waals surface area contributed by atoms with Crippen molar-refractivity contribution in [2.24, 2.45) is 0 Å². The van der Waals surface area contributed by atoms with Crippen molar-refractivity contribution in [3.63, 3.8) is 0 Å². The number of thioether (sulfide) groups is 1. The summed E-state index contributed by atoms with van der Waals surface area (Å²) in [6, 6.07) is 7.21. The number of rotatable bonds is 7. The third-order valence-corrected chi connectivity index (χ3v) is 6.03. The van der Waals surface area contributed by atoms with Crippen LogP contribution >= 0.6 is 24.0 Å². The number of hydrogen-bond donors (Lipinski definition) is 1. The van der Waals surface area contributed by atoms with Gasteiger partial charge in [-0.05, 0) is 36.8 Å². The number of thiocarbonyl (C=S) groups is 1. The molecule has 1 amide bonds. The molecule has 0 spiro atoms. The zero-order valence-corrected chi connectivity index (χ0v) is 18.6. The number of methoxy groups -OCH3 is 1. The summed E-state index contributed by atoms with van der Waals surface area (Å²) in [5.74, 6) is 0.743. The van der Waals surface area contributed by atoms with E-state index < -0.39 is 0 Å². The Morgan fingerprint density at radius 2 is 2.16 bits per heavy atom. The van der Waals surface area contributed by atoms with Crippen molar-refractivity contribution < 1.29 is 13.9 Å². The maximum absolute atomic E-state index is 13.3. The molecule has 0 aromatic carbocycles. The van der Waals surface area contributed by atoms with Gasteiger partial charge in [-0.3, -0.25) is 18.9 Å². The van der Waals surface area contributed by atoms with Crippen LogP contribution < -0.4 is 10.9 Å². The highest BCUT2D eigenvalue weighted by Gasteiger charge is 2.33. The van der Waals surface area contributed by atoms with Gasteiger partial charge in [0.2, 0.25) is 0 Å². The van der Waals surface area contributed by atoms with Crippen molar-refractivity contribution in [3.05, 3.63) is 68.9 Å². The summed E-state index contributed by atoms with van der Waals surface area (Å²) >= 11 is 6.54. The lowest BCUT2D eigenvalue weighted by Gasteiger charge is -2.12. The fourth-order valence-corrected chi connectivity index (χ4v) is 4.36. The third kappa shape index (κ3) is 4.41. The van der Waals surface area contributed by atoms with E-state index in [4.69, 9.17) is 21.4 Å². The van der Waals surface area contributed by atoms with E-state index in [-0.39, 0.29) is 23.6 Å². The van der Waals surface area contributed by atoms with Crippen LogP contribution in [0.2, 0.25) is 0 Å². The Labute approximate surface area is 187 Å². The van der Waals surface area contributed by atoms with Gasteiger partial charge in [0.15, 0.2) is 0 Å². The average molecular weight is 457 g/mol. The zero-order valence-electron chi connectivity index (χ0n) is 17.0. The molecule has 1 saturated heterocycles. The van der Waals surface area contributed by atoms with E-state index in [1.54, 1.807) is 43.8 Å². The van der Waals surface area contributed by atoms with E-state index in [2.05, 4.69) is 10.3 Å². The second-order valence-corrected chi connectivity index (χ2v) is 8.56. The molecule has 1 N–H and O–H groups in total. The Hall–Kier alpha value is -2.95. The van der Waals surface area contributed by atoms with Gasteiger partial charge in [0.05, 0.1) is 29.9 Å². The molecule has 3 aromatic rings. The number of hydrogen-bond acceptors (Lipinski definition) is 8. The maximum atomic E-state index is 13.3. The molecule has 1 aliphatic heterocycles. The van der Waals surface area contributed by atoms with E-state index in [9.17, 15) is 9.59 Å². The smallest absolute Gasteiger partial charge is 0.267 e. The van der Waals surface area contributed by atoms with Crippen LogP contribution in [0.25, 0.3) is 11.7 Å². The van der Waals surface area contributed by atoms with E-state index in [0.29, 0.717) is 39.6 Å². The number of fused-ring (bicyclic) bond motifs is 1. The van der Waals surface area contributed by atoms with Crippen LogP contribution in [0.5, 0.6) is 0 Å². The molecule has 3 aromatic heterocycles. The monoisotopic (exact) mass is 456 g/mol. The fourth-order valence-electron chi connectivity index (χ4n) is 3.12. The highest BCUT2D eigenvalue weighted by molar-refractivity contribution is 8.26. The Kier molecular flexibility index (Phi) is 6.21. The minimum atomic E-state index is -0.275. The number of aryl methyl sites for hydroxylation is 1. The van der Waals surface area contributed by atoms with E-state index in [0.717, 1.165) is 17.3 Å². The highest BCUT2D eigenvalue weighted by atomic mass is 32.2. The SMILES string of the molecule is COCCNc1nc2ccc(C)cn2c(=O)c1C=C1SC(=S)N(Cc2ccco2)C1=O. The first-order valence-corrected chi connectivity index (χ1v) is 10.7. The second-order valence-electron chi connectivity index (χ2n) is 6.88. The molecule has 0 saturated carbocycles. The molecule has 8 nitrogen and oxygen atoms in total. The Balaban J connectivity index is 1.75. The van der Waals surface area contributed by atoms with Crippen LogP contribution in [0, 0.1) is 6.92 Å². The number of pyridine rings is 1. The van der Waals surface area contributed by atoms with E-state index in [1.165, 1.54) is 9.30 Å². The lowest BCUT2D eigenvalue weighted by molar-refractivity contribution is -0.122. The molecule has 0 aliphatic carbocycles. The molecule has 1 fully saturated rings. The lowest BCUT2D eigenvalue weighted by Crippen LogP contribution is -2.27. The summed E-state index contributed by atoms with van der Waals surface area (Å²) in [6.07, 6.45) is 4.83. The molecule has 0 radical (unpaired) electrons. The van der Waals surface area contributed by atoms with Gasteiger partial charge < -0.3 is 14.5 Å². The van der Waals surface area contributed by atoms with Gasteiger partial charge in [-0.2, -0.15) is 0 Å². The number of carbonyl (C=O) groups is 1. The van der Waals surface area contributed by atoms with Crippen molar-refractivity contribution in [1.29, 1.82) is 0 Å². The Morgan fingerprint density at radius 3 is 2.90 bits per heavy atom. The van der Waals surface area contributed by atoms with Crippen molar-refractivity contribution in [2.45, 2.75) is 13.5 Å². The van der Waals surface area contributed by atoms with Crippen LogP contribution in [0.4, 0.5) is 5.82 Å². The van der Waals surface area contributed by atoms with E-state index in [1.807, 2.05) is 13.0 Å². The molecular weight excluding hydrogens is 436 g/mol. The Bertz CT molecular complexity index is 1230. The summed E-state index contributed by atoms with van der Waals surface area (Å²) < 4.78 is 12.3. The maximum Gasteiger partial charge on any atom is 0.267 e. The van der Waals surface area contributed by atoms with Gasteiger partial charge in [0.25, 0.3) is 11.5 Å². The number of ether oxygens (including phenoxy) is 1. The van der Waals surface area contributed by atoms with Crippen LogP contribution in [-0.2, 0) is 16.1 Å². The van der Waals surface area contributed by atoms with Crippen LogP contribution in [0.3, 0.4) is 0 Å². The van der Waals surface area contributed by atoms with E-state index >= 15 is 0 Å². The first-order chi connectivity index (χ1) is 15.0. The molecule has 31 heavy (non-hydrogen) atoms. The molecule has 0 unspecified atom stereocenters. The van der Waals surface area contributed by atoms with Crippen molar-refractivity contribution >= 4 is 51.7 Å². The van der Waals surface area contributed by atoms with Crippen molar-refractivity contribution in [2.75, 3.05) is 25.6 Å². The molecule has 0 bridgehead atoms. The zero-order chi connectivity index (χ0) is 22.0. The third-order valence-electron chi connectivity index (χ3n) is 4.65. The first-order valence-electron chi connectivity index (χ1n) is 9.51. The summed E-state index contributed by atoms with van der Waals surface area (Å²) in [4.78, 5) is 32.7. The molecule has 1 aliphatic rings. The minimum absolute atomic E-state index is 0.238. The standard InChI is InChI=1S/C21H20N4O4S2/c1-13-5-6-17-23-18(22-7-9-28-2)15(19(26)24(17)11-13)10-16-20(27)25(21(30)31-16)12-14-4-3-8-29-14/h3-6,8,10-11,22H,7,9,12H2,1-2H3. The normalized spacial score (nSPS) is 15.4. The number of anilines is 1. The van der Waals surface area contributed by atoms with Gasteiger partial charge >= 0.3 is 0 Å². The number of carbonyl (C=O) groups excluding carboxylic acids is 1. The minimum Gasteiger partial charge on any atom is -0.467 e. The second kappa shape index (κ2) is 9.04. The average Bonchev–Trinajstić information content (AvgIpc) is 3.35. The summed E-state index contributed by atoms with van der Waals surface area (Å²) in [5, 5.41) is 3.13. The number of aromatic nitrogens is 2. The van der Waals surface area contributed by atoms with Gasteiger partial charge in [0, 0.05) is 19.9 Å². The van der Waals surface area contributed by atoms with Crippen LogP contribution in [0.15, 0.2) is 50.8 Å². The number of amides is 1. The predicted molar refractivity (Wildman–Crippen MR) is 124 cm³/mol.